The molecule has 30 heavy (non-hydrogen) atoms. The molecule has 0 aliphatic carbocycles. The molecule has 0 saturated carbocycles. The van der Waals surface area contributed by atoms with Gasteiger partial charge in [-0.05, 0) is 68.1 Å². The average Bonchev–Trinajstić information content (AvgIpc) is 2.74. The van der Waals surface area contributed by atoms with Gasteiger partial charge < -0.3 is 20.2 Å². The van der Waals surface area contributed by atoms with Crippen molar-refractivity contribution in [1.29, 1.82) is 0 Å². The van der Waals surface area contributed by atoms with Crippen LogP contribution in [-0.4, -0.2) is 37.3 Å². The summed E-state index contributed by atoms with van der Waals surface area (Å²) in [6.45, 7) is 4.89. The van der Waals surface area contributed by atoms with Gasteiger partial charge in [-0.2, -0.15) is 5.10 Å². The molecule has 0 bridgehead atoms. The van der Waals surface area contributed by atoms with Gasteiger partial charge >= 0.3 is 5.97 Å². The highest BCUT2D eigenvalue weighted by Gasteiger charge is 2.23. The maximum atomic E-state index is 12.5. The van der Waals surface area contributed by atoms with Crippen LogP contribution < -0.4 is 15.5 Å². The summed E-state index contributed by atoms with van der Waals surface area (Å²) in [5.74, 6) is 0.327. The molecule has 1 aliphatic rings. The standard InChI is InChI=1S/C23H27N3O4/c1-3-24-25-15-16-5-7-17(8-6-16)23(28)26-19-10-12-21-18(13-19)9-11-20(30-21)14-22(27)29-4-2/h5-8,10,12-13,15,20,24H,3-4,9,11,14H2,1-2H3,(H,26,28). The van der Waals surface area contributed by atoms with E-state index in [0.29, 0.717) is 17.9 Å². The average molecular weight is 409 g/mol. The zero-order chi connectivity index (χ0) is 21.3. The number of esters is 1. The number of hydrazone groups is 1. The van der Waals surface area contributed by atoms with Crippen LogP contribution in [0.5, 0.6) is 5.75 Å². The lowest BCUT2D eigenvalue weighted by molar-refractivity contribution is -0.145. The highest BCUT2D eigenvalue weighted by Crippen LogP contribution is 2.31. The first-order chi connectivity index (χ1) is 14.6. The van der Waals surface area contributed by atoms with Gasteiger partial charge in [0.2, 0.25) is 0 Å². The van der Waals surface area contributed by atoms with Crippen molar-refractivity contribution in [3.8, 4) is 5.75 Å². The fourth-order valence-electron chi connectivity index (χ4n) is 3.21. The summed E-state index contributed by atoms with van der Waals surface area (Å²) in [5.41, 5.74) is 6.08. The second-order valence-corrected chi connectivity index (χ2v) is 6.96. The molecule has 158 valence electrons. The topological polar surface area (TPSA) is 89.0 Å². The van der Waals surface area contributed by atoms with Crippen molar-refractivity contribution >= 4 is 23.8 Å². The van der Waals surface area contributed by atoms with Crippen LogP contribution in [0.3, 0.4) is 0 Å². The number of nitrogens with zero attached hydrogens (tertiary/aromatic N) is 1. The van der Waals surface area contributed by atoms with Gasteiger partial charge in [-0.3, -0.25) is 9.59 Å². The summed E-state index contributed by atoms with van der Waals surface area (Å²) < 4.78 is 10.9. The Morgan fingerprint density at radius 3 is 2.73 bits per heavy atom. The molecule has 1 atom stereocenters. The molecule has 1 aliphatic heterocycles. The van der Waals surface area contributed by atoms with Crippen LogP contribution in [0.15, 0.2) is 47.6 Å². The van der Waals surface area contributed by atoms with E-state index >= 15 is 0 Å². The second-order valence-electron chi connectivity index (χ2n) is 6.96. The number of amides is 1. The Morgan fingerprint density at radius 1 is 1.20 bits per heavy atom. The second kappa shape index (κ2) is 10.4. The zero-order valence-electron chi connectivity index (χ0n) is 17.3. The number of fused-ring (bicyclic) bond motifs is 1. The lowest BCUT2D eigenvalue weighted by Gasteiger charge is -2.26. The summed E-state index contributed by atoms with van der Waals surface area (Å²) >= 11 is 0. The third-order valence-corrected chi connectivity index (χ3v) is 4.68. The molecule has 3 rings (SSSR count). The molecule has 1 heterocycles. The molecule has 0 saturated heterocycles. The minimum atomic E-state index is -0.242. The molecule has 7 nitrogen and oxygen atoms in total. The molecule has 0 fully saturated rings. The maximum absolute atomic E-state index is 12.5. The van der Waals surface area contributed by atoms with Crippen molar-refractivity contribution in [3.05, 3.63) is 59.2 Å². The number of rotatable bonds is 8. The quantitative estimate of drug-likeness (QED) is 0.396. The molecule has 0 radical (unpaired) electrons. The van der Waals surface area contributed by atoms with E-state index < -0.39 is 0 Å². The van der Waals surface area contributed by atoms with Crippen molar-refractivity contribution in [2.24, 2.45) is 5.10 Å². The molecule has 2 aromatic rings. The molecule has 7 heteroatoms. The molecule has 2 N–H and O–H groups in total. The van der Waals surface area contributed by atoms with E-state index in [0.717, 1.165) is 36.3 Å². The Bertz CT molecular complexity index is 909. The molecule has 1 unspecified atom stereocenters. The van der Waals surface area contributed by atoms with Crippen LogP contribution in [0.1, 0.15) is 48.2 Å². The summed E-state index contributed by atoms with van der Waals surface area (Å²) in [7, 11) is 0. The Balaban J connectivity index is 1.59. The number of anilines is 1. The first kappa shape index (κ1) is 21.4. The third-order valence-electron chi connectivity index (χ3n) is 4.68. The first-order valence-electron chi connectivity index (χ1n) is 10.2. The predicted molar refractivity (Wildman–Crippen MR) is 116 cm³/mol. The normalized spacial score (nSPS) is 15.2. The molecule has 2 aromatic carbocycles. The SMILES string of the molecule is CCNN=Cc1ccc(C(=O)Nc2ccc3c(c2)CCC(CC(=O)OCC)O3)cc1. The molecule has 0 aromatic heterocycles. The highest BCUT2D eigenvalue weighted by atomic mass is 16.5. The Morgan fingerprint density at radius 2 is 2.00 bits per heavy atom. The summed E-state index contributed by atoms with van der Waals surface area (Å²) in [6, 6.07) is 12.8. The van der Waals surface area contributed by atoms with Crippen molar-refractivity contribution < 1.29 is 19.1 Å². The van der Waals surface area contributed by atoms with Crippen LogP contribution in [0.4, 0.5) is 5.69 Å². The van der Waals surface area contributed by atoms with E-state index in [1.807, 2.05) is 31.2 Å². The summed E-state index contributed by atoms with van der Waals surface area (Å²) in [6.07, 6.45) is 3.30. The van der Waals surface area contributed by atoms with Crippen LogP contribution >= 0.6 is 0 Å². The van der Waals surface area contributed by atoms with E-state index in [9.17, 15) is 9.59 Å². The monoisotopic (exact) mass is 409 g/mol. The fourth-order valence-corrected chi connectivity index (χ4v) is 3.21. The minimum absolute atomic E-state index is 0.174. The van der Waals surface area contributed by atoms with E-state index in [1.165, 1.54) is 0 Å². The number of hydrogen-bond donors (Lipinski definition) is 2. The van der Waals surface area contributed by atoms with Crippen molar-refractivity contribution in [2.75, 3.05) is 18.5 Å². The number of aryl methyl sites for hydroxylation is 1. The van der Waals surface area contributed by atoms with Gasteiger partial charge in [0.05, 0.1) is 19.2 Å². The number of carbonyl (C=O) groups is 2. The van der Waals surface area contributed by atoms with E-state index in [4.69, 9.17) is 9.47 Å². The van der Waals surface area contributed by atoms with Crippen LogP contribution in [0, 0.1) is 0 Å². The van der Waals surface area contributed by atoms with Crippen LogP contribution in [0.2, 0.25) is 0 Å². The number of hydrogen-bond acceptors (Lipinski definition) is 6. The van der Waals surface area contributed by atoms with Crippen LogP contribution in [0.25, 0.3) is 0 Å². The highest BCUT2D eigenvalue weighted by molar-refractivity contribution is 6.04. The fraction of sp³-hybridized carbons (Fsp3) is 0.348. The van der Waals surface area contributed by atoms with Gasteiger partial charge in [-0.25, -0.2) is 0 Å². The minimum Gasteiger partial charge on any atom is -0.490 e. The van der Waals surface area contributed by atoms with Crippen molar-refractivity contribution in [3.63, 3.8) is 0 Å². The van der Waals surface area contributed by atoms with Gasteiger partial charge in [0.25, 0.3) is 5.91 Å². The Kier molecular flexibility index (Phi) is 7.43. The third kappa shape index (κ3) is 5.83. The van der Waals surface area contributed by atoms with E-state index in [-0.39, 0.29) is 24.4 Å². The lowest BCUT2D eigenvalue weighted by atomic mass is 10.00. The van der Waals surface area contributed by atoms with E-state index in [2.05, 4.69) is 15.8 Å². The van der Waals surface area contributed by atoms with Crippen molar-refractivity contribution in [2.45, 2.75) is 39.2 Å². The number of benzene rings is 2. The predicted octanol–water partition coefficient (Wildman–Crippen LogP) is 3.53. The van der Waals surface area contributed by atoms with Crippen molar-refractivity contribution in [1.82, 2.24) is 5.43 Å². The molecule has 1 amide bonds. The summed E-state index contributed by atoms with van der Waals surface area (Å²) in [5, 5.41) is 6.99. The summed E-state index contributed by atoms with van der Waals surface area (Å²) in [4.78, 5) is 24.2. The largest absolute Gasteiger partial charge is 0.490 e. The zero-order valence-corrected chi connectivity index (χ0v) is 17.3. The van der Waals surface area contributed by atoms with Gasteiger partial charge in [-0.15, -0.1) is 0 Å². The van der Waals surface area contributed by atoms with Gasteiger partial charge in [0.15, 0.2) is 0 Å². The van der Waals surface area contributed by atoms with Gasteiger partial charge in [-0.1, -0.05) is 12.1 Å². The lowest BCUT2D eigenvalue weighted by Crippen LogP contribution is -2.26. The maximum Gasteiger partial charge on any atom is 0.309 e. The first-order valence-corrected chi connectivity index (χ1v) is 10.2. The van der Waals surface area contributed by atoms with Gasteiger partial charge in [0, 0.05) is 17.8 Å². The molecular formula is C23H27N3O4. The number of nitrogens with one attached hydrogen (secondary N) is 2. The van der Waals surface area contributed by atoms with Crippen LogP contribution in [-0.2, 0) is 16.0 Å². The smallest absolute Gasteiger partial charge is 0.309 e. The number of ether oxygens (including phenoxy) is 2. The Hall–Kier alpha value is -3.35. The molecule has 0 spiro atoms. The molecular weight excluding hydrogens is 382 g/mol. The van der Waals surface area contributed by atoms with Gasteiger partial charge in [0.1, 0.15) is 11.9 Å². The number of carbonyl (C=O) groups excluding carboxylic acids is 2. The Labute approximate surface area is 176 Å². The van der Waals surface area contributed by atoms with E-state index in [1.54, 1.807) is 31.3 Å².